The Morgan fingerprint density at radius 1 is 0.955 bits per heavy atom. The monoisotopic (exact) mass is 304 g/mol. The van der Waals surface area contributed by atoms with Crippen LogP contribution in [0.3, 0.4) is 0 Å². The van der Waals surface area contributed by atoms with Crippen LogP contribution in [0.4, 0.5) is 0 Å². The van der Waals surface area contributed by atoms with Crippen LogP contribution in [0, 0.1) is 0 Å². The van der Waals surface area contributed by atoms with Gasteiger partial charge in [0, 0.05) is 18.7 Å². The summed E-state index contributed by atoms with van der Waals surface area (Å²) in [5.74, 6) is -0.0379. The lowest BCUT2D eigenvalue weighted by Gasteiger charge is -2.05. The Hall–Kier alpha value is -1.35. The maximum atomic E-state index is 11.8. The summed E-state index contributed by atoms with van der Waals surface area (Å²) in [6, 6.07) is 7.95. The summed E-state index contributed by atoms with van der Waals surface area (Å²) in [5, 5.41) is 2.78. The van der Waals surface area contributed by atoms with E-state index < -0.39 is 0 Å². The first-order valence-corrected chi connectivity index (χ1v) is 8.85. The third-order valence-electron chi connectivity index (χ3n) is 3.97. The fourth-order valence-corrected chi connectivity index (χ4v) is 2.57. The zero-order chi connectivity index (χ0) is 16.0. The van der Waals surface area contributed by atoms with Gasteiger partial charge in [-0.3, -0.25) is 4.79 Å². The SMILES string of the molecule is CCCCCCCCCCc1ccc(C(=O)NCCN)cc1. The highest BCUT2D eigenvalue weighted by Gasteiger charge is 2.03. The molecular weight excluding hydrogens is 272 g/mol. The van der Waals surface area contributed by atoms with Crippen molar-refractivity contribution < 1.29 is 4.79 Å². The van der Waals surface area contributed by atoms with Gasteiger partial charge in [-0.25, -0.2) is 0 Å². The molecule has 3 N–H and O–H groups in total. The van der Waals surface area contributed by atoms with Crippen molar-refractivity contribution in [3.8, 4) is 0 Å². The van der Waals surface area contributed by atoms with Gasteiger partial charge in [-0.15, -0.1) is 0 Å². The molecular formula is C19H32N2O. The van der Waals surface area contributed by atoms with Gasteiger partial charge in [-0.2, -0.15) is 0 Å². The van der Waals surface area contributed by atoms with Gasteiger partial charge in [0.2, 0.25) is 0 Å². The molecule has 0 aromatic heterocycles. The van der Waals surface area contributed by atoms with Crippen molar-refractivity contribution in [2.75, 3.05) is 13.1 Å². The van der Waals surface area contributed by atoms with Crippen LogP contribution in [0.1, 0.15) is 74.2 Å². The van der Waals surface area contributed by atoms with E-state index in [-0.39, 0.29) is 5.91 Å². The zero-order valence-corrected chi connectivity index (χ0v) is 14.1. The summed E-state index contributed by atoms with van der Waals surface area (Å²) in [7, 11) is 0. The average Bonchev–Trinajstić information content (AvgIpc) is 2.55. The lowest BCUT2D eigenvalue weighted by molar-refractivity contribution is 0.0955. The lowest BCUT2D eigenvalue weighted by atomic mass is 10.0. The van der Waals surface area contributed by atoms with Crippen LogP contribution < -0.4 is 11.1 Å². The summed E-state index contributed by atoms with van der Waals surface area (Å²) in [6.45, 7) is 3.26. The topological polar surface area (TPSA) is 55.1 Å². The van der Waals surface area contributed by atoms with Crippen LogP contribution >= 0.6 is 0 Å². The Kier molecular flexibility index (Phi) is 10.4. The normalized spacial score (nSPS) is 10.6. The number of carbonyl (C=O) groups excluding carboxylic acids is 1. The summed E-state index contributed by atoms with van der Waals surface area (Å²) in [5.41, 5.74) is 7.41. The number of aryl methyl sites for hydroxylation is 1. The molecule has 22 heavy (non-hydrogen) atoms. The minimum atomic E-state index is -0.0379. The molecule has 3 heteroatoms. The van der Waals surface area contributed by atoms with Gasteiger partial charge in [-0.05, 0) is 30.5 Å². The predicted molar refractivity (Wildman–Crippen MR) is 94.1 cm³/mol. The number of nitrogens with one attached hydrogen (secondary N) is 1. The molecule has 1 amide bonds. The maximum absolute atomic E-state index is 11.8. The summed E-state index contributed by atoms with van der Waals surface area (Å²) < 4.78 is 0. The smallest absolute Gasteiger partial charge is 0.251 e. The van der Waals surface area contributed by atoms with Crippen LogP contribution in [0.5, 0.6) is 0 Å². The van der Waals surface area contributed by atoms with E-state index in [0.29, 0.717) is 18.7 Å². The molecule has 0 atom stereocenters. The van der Waals surface area contributed by atoms with Gasteiger partial charge >= 0.3 is 0 Å². The van der Waals surface area contributed by atoms with Gasteiger partial charge in [0.15, 0.2) is 0 Å². The summed E-state index contributed by atoms with van der Waals surface area (Å²) >= 11 is 0. The van der Waals surface area contributed by atoms with E-state index in [0.717, 1.165) is 6.42 Å². The lowest BCUT2D eigenvalue weighted by Crippen LogP contribution is -2.28. The van der Waals surface area contributed by atoms with Crippen LogP contribution in [0.15, 0.2) is 24.3 Å². The van der Waals surface area contributed by atoms with Gasteiger partial charge in [-0.1, -0.05) is 64.0 Å². The van der Waals surface area contributed by atoms with Crippen LogP contribution in [-0.2, 0) is 6.42 Å². The molecule has 3 nitrogen and oxygen atoms in total. The fourth-order valence-electron chi connectivity index (χ4n) is 2.57. The van der Waals surface area contributed by atoms with Crippen molar-refractivity contribution in [2.24, 2.45) is 5.73 Å². The Morgan fingerprint density at radius 3 is 2.14 bits per heavy atom. The molecule has 0 saturated heterocycles. The summed E-state index contributed by atoms with van der Waals surface area (Å²) in [4.78, 5) is 11.8. The molecule has 0 aliphatic rings. The van der Waals surface area contributed by atoms with E-state index in [1.165, 1.54) is 56.9 Å². The van der Waals surface area contributed by atoms with Gasteiger partial charge in [0.25, 0.3) is 5.91 Å². The molecule has 1 rings (SSSR count). The van der Waals surface area contributed by atoms with Crippen molar-refractivity contribution in [2.45, 2.75) is 64.7 Å². The van der Waals surface area contributed by atoms with Crippen molar-refractivity contribution in [1.82, 2.24) is 5.32 Å². The minimum absolute atomic E-state index is 0.0379. The molecule has 0 bridgehead atoms. The molecule has 0 fully saturated rings. The second-order valence-corrected chi connectivity index (χ2v) is 5.97. The molecule has 0 saturated carbocycles. The second-order valence-electron chi connectivity index (χ2n) is 5.97. The van der Waals surface area contributed by atoms with Gasteiger partial charge in [0.1, 0.15) is 0 Å². The van der Waals surface area contributed by atoms with E-state index >= 15 is 0 Å². The molecule has 0 heterocycles. The fraction of sp³-hybridized carbons (Fsp3) is 0.632. The maximum Gasteiger partial charge on any atom is 0.251 e. The van der Waals surface area contributed by atoms with Crippen molar-refractivity contribution in [3.63, 3.8) is 0 Å². The highest BCUT2D eigenvalue weighted by atomic mass is 16.1. The number of nitrogens with two attached hydrogens (primary N) is 1. The largest absolute Gasteiger partial charge is 0.351 e. The Morgan fingerprint density at radius 2 is 1.55 bits per heavy atom. The van der Waals surface area contributed by atoms with Crippen LogP contribution in [0.25, 0.3) is 0 Å². The zero-order valence-electron chi connectivity index (χ0n) is 14.1. The van der Waals surface area contributed by atoms with Crippen molar-refractivity contribution in [3.05, 3.63) is 35.4 Å². The molecule has 0 unspecified atom stereocenters. The average molecular weight is 304 g/mol. The molecule has 0 aliphatic carbocycles. The third kappa shape index (κ3) is 8.18. The Bertz CT molecular complexity index is 400. The summed E-state index contributed by atoms with van der Waals surface area (Å²) in [6.07, 6.45) is 11.9. The van der Waals surface area contributed by atoms with E-state index in [2.05, 4.69) is 24.4 Å². The van der Waals surface area contributed by atoms with Crippen LogP contribution in [0.2, 0.25) is 0 Å². The molecule has 1 aromatic carbocycles. The minimum Gasteiger partial charge on any atom is -0.351 e. The van der Waals surface area contributed by atoms with Crippen molar-refractivity contribution >= 4 is 5.91 Å². The van der Waals surface area contributed by atoms with Gasteiger partial charge in [0.05, 0.1) is 0 Å². The van der Waals surface area contributed by atoms with E-state index in [4.69, 9.17) is 5.73 Å². The Balaban J connectivity index is 2.15. The first kappa shape index (κ1) is 18.7. The molecule has 124 valence electrons. The van der Waals surface area contributed by atoms with Gasteiger partial charge < -0.3 is 11.1 Å². The van der Waals surface area contributed by atoms with E-state index in [1.807, 2.05) is 12.1 Å². The number of hydrogen-bond acceptors (Lipinski definition) is 2. The molecule has 0 aliphatic heterocycles. The molecule has 1 aromatic rings. The number of hydrogen-bond donors (Lipinski definition) is 2. The third-order valence-corrected chi connectivity index (χ3v) is 3.97. The number of carbonyl (C=O) groups is 1. The predicted octanol–water partition coefficient (Wildman–Crippen LogP) is 4.06. The number of amides is 1. The van der Waals surface area contributed by atoms with Crippen LogP contribution in [-0.4, -0.2) is 19.0 Å². The number of rotatable bonds is 12. The van der Waals surface area contributed by atoms with Crippen molar-refractivity contribution in [1.29, 1.82) is 0 Å². The van der Waals surface area contributed by atoms with E-state index in [9.17, 15) is 4.79 Å². The molecule has 0 spiro atoms. The highest BCUT2D eigenvalue weighted by molar-refractivity contribution is 5.94. The Labute approximate surface area is 135 Å². The number of unbranched alkanes of at least 4 members (excludes halogenated alkanes) is 7. The molecule has 0 radical (unpaired) electrons. The van der Waals surface area contributed by atoms with E-state index in [1.54, 1.807) is 0 Å². The first-order chi connectivity index (χ1) is 10.8. The number of benzene rings is 1. The quantitative estimate of drug-likeness (QED) is 0.572. The standard InChI is InChI=1S/C19H32N2O/c1-2-3-4-5-6-7-8-9-10-17-11-13-18(14-12-17)19(22)21-16-15-20/h11-14H,2-10,15-16,20H2,1H3,(H,21,22). The second kappa shape index (κ2) is 12.2. The first-order valence-electron chi connectivity index (χ1n) is 8.85. The highest BCUT2D eigenvalue weighted by Crippen LogP contribution is 2.12.